The van der Waals surface area contributed by atoms with Crippen LogP contribution in [0.4, 0.5) is 4.39 Å². The average Bonchev–Trinajstić information content (AvgIpc) is 3.29. The van der Waals surface area contributed by atoms with Crippen molar-refractivity contribution < 1.29 is 14.3 Å². The van der Waals surface area contributed by atoms with Crippen LogP contribution >= 0.6 is 11.6 Å². The van der Waals surface area contributed by atoms with E-state index in [4.69, 9.17) is 32.5 Å². The minimum Gasteiger partial charge on any atom is -0.508 e. The number of carbonyl (C=O) groups excluding carboxylic acids is 1. The normalized spacial score (nSPS) is 17.5. The van der Waals surface area contributed by atoms with Crippen molar-refractivity contribution in [2.24, 2.45) is 16.5 Å². The van der Waals surface area contributed by atoms with Gasteiger partial charge >= 0.3 is 0 Å². The molecule has 0 radical (unpaired) electrons. The third-order valence-electron chi connectivity index (χ3n) is 6.60. The van der Waals surface area contributed by atoms with Crippen LogP contribution in [0.5, 0.6) is 5.75 Å². The van der Waals surface area contributed by atoms with Gasteiger partial charge in [0.2, 0.25) is 6.41 Å². The minimum atomic E-state index is -0.359. The maximum absolute atomic E-state index is 14.9. The number of aromatic nitrogens is 3. The average molecular weight is 536 g/mol. The summed E-state index contributed by atoms with van der Waals surface area (Å²) in [5.41, 5.74) is 13.2. The van der Waals surface area contributed by atoms with E-state index >= 15 is 0 Å². The number of benzene rings is 2. The topological polar surface area (TPSA) is 156 Å². The third kappa shape index (κ3) is 5.50. The molecule has 1 aliphatic carbocycles. The van der Waals surface area contributed by atoms with Gasteiger partial charge in [0.25, 0.3) is 0 Å². The summed E-state index contributed by atoms with van der Waals surface area (Å²) in [4.78, 5) is 21.5. The van der Waals surface area contributed by atoms with E-state index in [-0.39, 0.29) is 35.8 Å². The van der Waals surface area contributed by atoms with E-state index in [1.807, 2.05) is 6.07 Å². The molecule has 1 amide bonds. The van der Waals surface area contributed by atoms with E-state index in [1.54, 1.807) is 42.6 Å². The zero-order valence-corrected chi connectivity index (χ0v) is 21.1. The monoisotopic (exact) mass is 535 g/mol. The predicted molar refractivity (Wildman–Crippen MR) is 146 cm³/mol. The SMILES string of the molecule is N=CN=C(N)c1cc2c(cn1)nc(-c1ccccc1F)n2C1CCCC(c2cc(Cl)ccc2O)C1.NC=O. The van der Waals surface area contributed by atoms with Gasteiger partial charge in [0.1, 0.15) is 34.9 Å². The highest BCUT2D eigenvalue weighted by Crippen LogP contribution is 2.44. The van der Waals surface area contributed by atoms with Gasteiger partial charge in [-0.05, 0) is 67.1 Å². The molecule has 0 bridgehead atoms. The largest absolute Gasteiger partial charge is 0.508 e. The molecule has 196 valence electrons. The number of amides is 1. The van der Waals surface area contributed by atoms with Crippen LogP contribution in [0.2, 0.25) is 5.02 Å². The summed E-state index contributed by atoms with van der Waals surface area (Å²) in [5.74, 6) is 0.589. The van der Waals surface area contributed by atoms with Crippen LogP contribution in [-0.2, 0) is 4.79 Å². The molecule has 11 heteroatoms. The van der Waals surface area contributed by atoms with Gasteiger partial charge in [-0.3, -0.25) is 15.2 Å². The fraction of sp³-hybridized carbons (Fsp3) is 0.222. The molecule has 1 fully saturated rings. The number of phenolic OH excluding ortho intramolecular Hbond substituents is 1. The van der Waals surface area contributed by atoms with E-state index < -0.39 is 0 Å². The molecular weight excluding hydrogens is 509 g/mol. The molecular formula is C27H27ClFN7O2. The van der Waals surface area contributed by atoms with Crippen LogP contribution in [0.15, 0.2) is 59.7 Å². The fourth-order valence-corrected chi connectivity index (χ4v) is 5.19. The summed E-state index contributed by atoms with van der Waals surface area (Å²) in [5, 5.41) is 18.3. The number of amidine groups is 1. The standard InChI is InChI=1S/C26H24ClFN6O.CH3NO/c27-16-8-9-24(35)19(11-16)15-4-3-5-17(10-15)34-23-12-21(25(30)32-14-29)31-13-22(23)33-26(34)18-6-1-2-7-20(18)28;2-1-3/h1-2,6-9,11-15,17,35H,3-5,10H2,(H3,29,30,32);1H,(H2,2,3). The van der Waals surface area contributed by atoms with Crippen molar-refractivity contribution >= 4 is 41.2 Å². The zero-order valence-electron chi connectivity index (χ0n) is 20.4. The maximum atomic E-state index is 14.9. The summed E-state index contributed by atoms with van der Waals surface area (Å²) in [7, 11) is 0. The van der Waals surface area contributed by atoms with Gasteiger partial charge in [-0.15, -0.1) is 0 Å². The lowest BCUT2D eigenvalue weighted by Crippen LogP contribution is -2.20. The second kappa shape index (κ2) is 11.8. The first-order chi connectivity index (χ1) is 18.4. The first-order valence-corrected chi connectivity index (χ1v) is 12.3. The highest BCUT2D eigenvalue weighted by Gasteiger charge is 2.30. The second-order valence-electron chi connectivity index (χ2n) is 8.84. The summed E-state index contributed by atoms with van der Waals surface area (Å²) in [6.45, 7) is 0. The first-order valence-electron chi connectivity index (χ1n) is 12.0. The lowest BCUT2D eigenvalue weighted by Gasteiger charge is -2.32. The van der Waals surface area contributed by atoms with E-state index in [9.17, 15) is 9.50 Å². The van der Waals surface area contributed by atoms with Crippen LogP contribution in [0.1, 0.15) is 48.9 Å². The van der Waals surface area contributed by atoms with Gasteiger partial charge in [0.15, 0.2) is 5.84 Å². The Morgan fingerprint density at radius 3 is 2.74 bits per heavy atom. The highest BCUT2D eigenvalue weighted by atomic mass is 35.5. The number of aromatic hydroxyl groups is 1. The fourth-order valence-electron chi connectivity index (χ4n) is 5.01. The zero-order chi connectivity index (χ0) is 27.2. The summed E-state index contributed by atoms with van der Waals surface area (Å²) >= 11 is 6.23. The Bertz CT molecular complexity index is 1500. The summed E-state index contributed by atoms with van der Waals surface area (Å²) in [6.07, 6.45) is 6.15. The van der Waals surface area contributed by atoms with Crippen LogP contribution in [0.3, 0.4) is 0 Å². The Morgan fingerprint density at radius 1 is 1.24 bits per heavy atom. The van der Waals surface area contributed by atoms with Crippen molar-refractivity contribution in [1.29, 1.82) is 5.41 Å². The van der Waals surface area contributed by atoms with Gasteiger partial charge in [0.05, 0.1) is 17.3 Å². The Labute approximate surface area is 223 Å². The molecule has 9 nitrogen and oxygen atoms in total. The Kier molecular flexibility index (Phi) is 8.32. The molecule has 6 N–H and O–H groups in total. The van der Waals surface area contributed by atoms with Gasteiger partial charge < -0.3 is 21.1 Å². The number of aliphatic imine (C=N–C) groups is 1. The number of hydrogen-bond acceptors (Lipinski definition) is 5. The number of fused-ring (bicyclic) bond motifs is 1. The number of halogens is 2. The van der Waals surface area contributed by atoms with E-state index in [2.05, 4.69) is 20.3 Å². The number of nitrogens with two attached hydrogens (primary N) is 2. The molecule has 38 heavy (non-hydrogen) atoms. The third-order valence-corrected chi connectivity index (χ3v) is 6.83. The molecule has 1 aliphatic rings. The minimum absolute atomic E-state index is 0.0112. The van der Waals surface area contributed by atoms with Gasteiger partial charge in [0, 0.05) is 11.1 Å². The lowest BCUT2D eigenvalue weighted by atomic mass is 9.80. The second-order valence-corrected chi connectivity index (χ2v) is 9.28. The number of imidazole rings is 1. The Morgan fingerprint density at radius 2 is 2.00 bits per heavy atom. The smallest absolute Gasteiger partial charge is 0.204 e. The lowest BCUT2D eigenvalue weighted by molar-refractivity contribution is -0.106. The molecule has 5 rings (SSSR count). The summed E-state index contributed by atoms with van der Waals surface area (Å²) in [6, 6.07) is 13.5. The molecule has 2 atom stereocenters. The Balaban J connectivity index is 0.00000107. The van der Waals surface area contributed by atoms with Crippen LogP contribution in [-0.4, -0.2) is 38.2 Å². The molecule has 0 aliphatic heterocycles. The van der Waals surface area contributed by atoms with Gasteiger partial charge in [-0.25, -0.2) is 14.4 Å². The van der Waals surface area contributed by atoms with Crippen LogP contribution in [0, 0.1) is 11.2 Å². The number of carbonyl (C=O) groups is 1. The first kappa shape index (κ1) is 26.7. The van der Waals surface area contributed by atoms with Crippen molar-refractivity contribution in [2.45, 2.75) is 37.6 Å². The molecule has 1 saturated carbocycles. The van der Waals surface area contributed by atoms with E-state index in [0.717, 1.165) is 43.1 Å². The molecule has 2 heterocycles. The number of nitrogens with zero attached hydrogens (tertiary/aromatic N) is 4. The number of primary amides is 1. The molecule has 0 saturated heterocycles. The van der Waals surface area contributed by atoms with Gasteiger partial charge in [-0.1, -0.05) is 30.2 Å². The molecule has 2 unspecified atom stereocenters. The maximum Gasteiger partial charge on any atom is 0.204 e. The van der Waals surface area contributed by atoms with Crippen LogP contribution in [0.25, 0.3) is 22.4 Å². The van der Waals surface area contributed by atoms with E-state index in [1.165, 1.54) is 6.07 Å². The Hall–Kier alpha value is -4.31. The van der Waals surface area contributed by atoms with Crippen LogP contribution < -0.4 is 11.5 Å². The summed E-state index contributed by atoms with van der Waals surface area (Å²) < 4.78 is 17.0. The van der Waals surface area contributed by atoms with Crippen molar-refractivity contribution in [3.8, 4) is 17.1 Å². The number of pyridine rings is 1. The number of rotatable bonds is 5. The quantitative estimate of drug-likeness (QED) is 0.162. The van der Waals surface area contributed by atoms with Crippen molar-refractivity contribution in [1.82, 2.24) is 14.5 Å². The molecule has 0 spiro atoms. The van der Waals surface area contributed by atoms with Crippen molar-refractivity contribution in [3.63, 3.8) is 0 Å². The van der Waals surface area contributed by atoms with Crippen molar-refractivity contribution in [3.05, 3.63) is 76.8 Å². The van der Waals surface area contributed by atoms with E-state index in [0.29, 0.717) is 27.6 Å². The number of phenols is 1. The molecule has 2 aromatic heterocycles. The highest BCUT2D eigenvalue weighted by molar-refractivity contribution is 6.30. The number of nitrogens with one attached hydrogen (secondary N) is 1. The molecule has 4 aromatic rings. The van der Waals surface area contributed by atoms with Gasteiger partial charge in [-0.2, -0.15) is 0 Å². The molecule has 2 aromatic carbocycles. The van der Waals surface area contributed by atoms with Crippen molar-refractivity contribution in [2.75, 3.05) is 0 Å². The number of hydrogen-bond donors (Lipinski definition) is 4. The predicted octanol–water partition coefficient (Wildman–Crippen LogP) is 4.91.